The number of thiophene rings is 1. The van der Waals surface area contributed by atoms with Gasteiger partial charge >= 0.3 is 0 Å². The molecule has 1 aliphatic rings. The minimum atomic E-state index is -0.524. The number of nitrogens with zero attached hydrogens (tertiary/aromatic N) is 3. The Labute approximate surface area is 152 Å². The molecule has 2 aromatic heterocycles. The number of aromatic nitrogens is 2. The molecule has 25 heavy (non-hydrogen) atoms. The number of benzene rings is 1. The Bertz CT molecular complexity index is 861. The van der Waals surface area contributed by atoms with Crippen LogP contribution in [0, 0.1) is 11.6 Å². The van der Waals surface area contributed by atoms with Crippen molar-refractivity contribution in [1.29, 1.82) is 0 Å². The summed E-state index contributed by atoms with van der Waals surface area (Å²) >= 11 is 2.69. The quantitative estimate of drug-likeness (QED) is 0.623. The molecule has 4 rings (SSSR count). The standard InChI is InChI=1S/C17H15F2N3OS2/c18-12-2-1-3-13(19)15(12)25-22-7-4-11(5-8-22)23-17-16-14(6-9-24-16)20-10-21-17/h1-3,6,9-11H,4-5,7-8H2. The van der Waals surface area contributed by atoms with Gasteiger partial charge in [0.05, 0.1) is 10.4 Å². The fraction of sp³-hybridized carbons (Fsp3) is 0.294. The molecular formula is C17H15F2N3OS2. The molecule has 0 atom stereocenters. The molecule has 0 saturated carbocycles. The zero-order valence-electron chi connectivity index (χ0n) is 13.2. The van der Waals surface area contributed by atoms with Crippen molar-refractivity contribution >= 4 is 33.5 Å². The van der Waals surface area contributed by atoms with Gasteiger partial charge in [0.15, 0.2) is 0 Å². The summed E-state index contributed by atoms with van der Waals surface area (Å²) < 4.78 is 36.5. The van der Waals surface area contributed by atoms with E-state index in [4.69, 9.17) is 4.74 Å². The third-order valence-corrected chi connectivity index (χ3v) is 6.12. The first-order valence-electron chi connectivity index (χ1n) is 7.92. The van der Waals surface area contributed by atoms with Crippen LogP contribution in [0.15, 0.2) is 40.9 Å². The normalized spacial score (nSPS) is 16.4. The molecule has 8 heteroatoms. The highest BCUT2D eigenvalue weighted by Crippen LogP contribution is 2.32. The summed E-state index contributed by atoms with van der Waals surface area (Å²) in [6, 6.07) is 5.88. The minimum absolute atomic E-state index is 0.0440. The van der Waals surface area contributed by atoms with Crippen LogP contribution in [-0.2, 0) is 0 Å². The number of hydrogen-bond acceptors (Lipinski definition) is 6. The van der Waals surface area contributed by atoms with Crippen molar-refractivity contribution < 1.29 is 13.5 Å². The highest BCUT2D eigenvalue weighted by Gasteiger charge is 2.24. The first kappa shape index (κ1) is 16.7. The lowest BCUT2D eigenvalue weighted by Crippen LogP contribution is -2.34. The van der Waals surface area contributed by atoms with Gasteiger partial charge in [-0.1, -0.05) is 6.07 Å². The summed E-state index contributed by atoms with van der Waals surface area (Å²) in [6.07, 6.45) is 3.11. The van der Waals surface area contributed by atoms with Gasteiger partial charge in [0.25, 0.3) is 0 Å². The monoisotopic (exact) mass is 379 g/mol. The van der Waals surface area contributed by atoms with Gasteiger partial charge in [-0.15, -0.1) is 11.3 Å². The summed E-state index contributed by atoms with van der Waals surface area (Å²) in [6.45, 7) is 1.39. The minimum Gasteiger partial charge on any atom is -0.473 e. The van der Waals surface area contributed by atoms with Gasteiger partial charge in [-0.25, -0.2) is 23.1 Å². The fourth-order valence-corrected chi connectivity index (χ4v) is 4.49. The van der Waals surface area contributed by atoms with Crippen molar-refractivity contribution in [3.8, 4) is 5.88 Å². The smallest absolute Gasteiger partial charge is 0.235 e. The van der Waals surface area contributed by atoms with Crippen molar-refractivity contribution in [3.05, 3.63) is 47.6 Å². The summed E-state index contributed by atoms with van der Waals surface area (Å²) in [5.74, 6) is -0.430. The van der Waals surface area contributed by atoms with Crippen LogP contribution in [0.4, 0.5) is 8.78 Å². The molecule has 0 amide bonds. The van der Waals surface area contributed by atoms with Crippen molar-refractivity contribution in [2.24, 2.45) is 0 Å². The third-order valence-electron chi connectivity index (χ3n) is 4.03. The molecule has 0 radical (unpaired) electrons. The molecular weight excluding hydrogens is 364 g/mol. The molecule has 3 heterocycles. The van der Waals surface area contributed by atoms with Crippen LogP contribution >= 0.6 is 23.3 Å². The van der Waals surface area contributed by atoms with E-state index in [2.05, 4.69) is 9.97 Å². The second-order valence-corrected chi connectivity index (χ2v) is 7.73. The summed E-state index contributed by atoms with van der Waals surface area (Å²) in [5, 5.41) is 1.97. The Balaban J connectivity index is 1.38. The van der Waals surface area contributed by atoms with E-state index in [0.717, 1.165) is 35.0 Å². The molecule has 3 aromatic rings. The average molecular weight is 379 g/mol. The fourth-order valence-electron chi connectivity index (χ4n) is 2.75. The van der Waals surface area contributed by atoms with Gasteiger partial charge in [0, 0.05) is 13.1 Å². The molecule has 1 aliphatic heterocycles. The van der Waals surface area contributed by atoms with Crippen molar-refractivity contribution in [2.75, 3.05) is 13.1 Å². The van der Waals surface area contributed by atoms with E-state index in [1.807, 2.05) is 15.8 Å². The zero-order valence-corrected chi connectivity index (χ0v) is 14.8. The molecule has 1 aromatic carbocycles. The van der Waals surface area contributed by atoms with Crippen LogP contribution in [-0.4, -0.2) is 33.5 Å². The molecule has 4 nitrogen and oxygen atoms in total. The largest absolute Gasteiger partial charge is 0.473 e. The van der Waals surface area contributed by atoms with Gasteiger partial charge < -0.3 is 4.74 Å². The van der Waals surface area contributed by atoms with E-state index in [0.29, 0.717) is 19.0 Å². The Morgan fingerprint density at radius 1 is 1.12 bits per heavy atom. The lowest BCUT2D eigenvalue weighted by atomic mass is 10.1. The second kappa shape index (κ2) is 7.23. The average Bonchev–Trinajstić information content (AvgIpc) is 3.10. The van der Waals surface area contributed by atoms with Gasteiger partial charge in [0.1, 0.15) is 28.8 Å². The Morgan fingerprint density at radius 3 is 2.64 bits per heavy atom. The second-order valence-electron chi connectivity index (χ2n) is 5.70. The number of fused-ring (bicyclic) bond motifs is 1. The van der Waals surface area contributed by atoms with Crippen LogP contribution in [0.5, 0.6) is 5.88 Å². The Kier molecular flexibility index (Phi) is 4.82. The van der Waals surface area contributed by atoms with E-state index in [1.54, 1.807) is 11.3 Å². The van der Waals surface area contributed by atoms with Crippen LogP contribution < -0.4 is 4.74 Å². The summed E-state index contributed by atoms with van der Waals surface area (Å²) in [4.78, 5) is 8.50. The molecule has 1 fully saturated rings. The Morgan fingerprint density at radius 2 is 1.88 bits per heavy atom. The number of piperidine rings is 1. The van der Waals surface area contributed by atoms with Crippen molar-refractivity contribution in [2.45, 2.75) is 23.8 Å². The van der Waals surface area contributed by atoms with E-state index >= 15 is 0 Å². The number of halogens is 2. The number of hydrogen-bond donors (Lipinski definition) is 0. The van der Waals surface area contributed by atoms with Gasteiger partial charge in [-0.05, 0) is 48.4 Å². The van der Waals surface area contributed by atoms with Crippen LogP contribution in [0.3, 0.4) is 0 Å². The number of rotatable bonds is 4. The predicted octanol–water partition coefficient (Wildman–Crippen LogP) is 4.52. The molecule has 0 aliphatic carbocycles. The maximum absolute atomic E-state index is 13.8. The third kappa shape index (κ3) is 3.61. The maximum atomic E-state index is 13.8. The summed E-state index contributed by atoms with van der Waals surface area (Å²) in [5.41, 5.74) is 0.887. The van der Waals surface area contributed by atoms with E-state index in [1.165, 1.54) is 24.5 Å². The van der Waals surface area contributed by atoms with E-state index < -0.39 is 11.6 Å². The molecule has 0 unspecified atom stereocenters. The SMILES string of the molecule is Fc1cccc(F)c1SN1CCC(Oc2ncnc3ccsc23)CC1. The first-order chi connectivity index (χ1) is 12.2. The van der Waals surface area contributed by atoms with Gasteiger partial charge in [-0.2, -0.15) is 0 Å². The van der Waals surface area contributed by atoms with Crippen LogP contribution in [0.1, 0.15) is 12.8 Å². The first-order valence-corrected chi connectivity index (χ1v) is 9.58. The van der Waals surface area contributed by atoms with E-state index in [9.17, 15) is 8.78 Å². The van der Waals surface area contributed by atoms with Crippen molar-refractivity contribution in [3.63, 3.8) is 0 Å². The lowest BCUT2D eigenvalue weighted by molar-refractivity contribution is 0.135. The summed E-state index contributed by atoms with van der Waals surface area (Å²) in [7, 11) is 0. The maximum Gasteiger partial charge on any atom is 0.235 e. The molecule has 0 spiro atoms. The predicted molar refractivity (Wildman–Crippen MR) is 94.9 cm³/mol. The highest BCUT2D eigenvalue weighted by molar-refractivity contribution is 7.97. The van der Waals surface area contributed by atoms with Gasteiger partial charge in [0.2, 0.25) is 5.88 Å². The molecule has 1 saturated heterocycles. The van der Waals surface area contributed by atoms with Crippen LogP contribution in [0.2, 0.25) is 0 Å². The molecule has 0 N–H and O–H groups in total. The number of ether oxygens (including phenoxy) is 1. The molecule has 0 bridgehead atoms. The topological polar surface area (TPSA) is 38.2 Å². The van der Waals surface area contributed by atoms with Crippen LogP contribution in [0.25, 0.3) is 10.2 Å². The highest BCUT2D eigenvalue weighted by atomic mass is 32.2. The van der Waals surface area contributed by atoms with E-state index in [-0.39, 0.29) is 11.0 Å². The van der Waals surface area contributed by atoms with Gasteiger partial charge in [-0.3, -0.25) is 0 Å². The zero-order chi connectivity index (χ0) is 17.2. The lowest BCUT2D eigenvalue weighted by Gasteiger charge is -2.31. The Hall–Kier alpha value is -1.77. The van der Waals surface area contributed by atoms with Crippen molar-refractivity contribution in [1.82, 2.24) is 14.3 Å². The molecule has 130 valence electrons.